The summed E-state index contributed by atoms with van der Waals surface area (Å²) in [6.45, 7) is 2.90. The summed E-state index contributed by atoms with van der Waals surface area (Å²) in [5, 5.41) is 0. The van der Waals surface area contributed by atoms with Crippen molar-refractivity contribution in [3.63, 3.8) is 0 Å². The standard InChI is InChI=1S/C18H19BrO4/c1-3-13-4-6-15(7-5-13)22-8-9-23-18-16(19)10-14(12-20)11-17(18)21-2/h4-7,10-12H,3,8-9H2,1-2H3. The molecule has 0 N–H and O–H groups in total. The smallest absolute Gasteiger partial charge is 0.175 e. The Balaban J connectivity index is 1.91. The summed E-state index contributed by atoms with van der Waals surface area (Å²) in [5.41, 5.74) is 1.80. The molecule has 0 spiro atoms. The van der Waals surface area contributed by atoms with Gasteiger partial charge in [0, 0.05) is 5.56 Å². The van der Waals surface area contributed by atoms with E-state index in [1.165, 1.54) is 12.7 Å². The molecular formula is C18H19BrO4. The number of rotatable bonds is 8. The van der Waals surface area contributed by atoms with Crippen molar-refractivity contribution in [2.75, 3.05) is 20.3 Å². The van der Waals surface area contributed by atoms with Gasteiger partial charge in [-0.05, 0) is 52.2 Å². The van der Waals surface area contributed by atoms with E-state index in [2.05, 4.69) is 22.9 Å². The van der Waals surface area contributed by atoms with Gasteiger partial charge in [0.15, 0.2) is 11.5 Å². The highest BCUT2D eigenvalue weighted by molar-refractivity contribution is 9.10. The summed E-state index contributed by atoms with van der Waals surface area (Å²) < 4.78 is 17.3. The molecule has 0 aliphatic rings. The number of aldehydes is 1. The van der Waals surface area contributed by atoms with Crippen molar-refractivity contribution in [2.24, 2.45) is 0 Å². The minimum absolute atomic E-state index is 0.366. The summed E-state index contributed by atoms with van der Waals surface area (Å²) in [6, 6.07) is 11.3. The zero-order chi connectivity index (χ0) is 16.7. The first-order valence-electron chi connectivity index (χ1n) is 7.35. The minimum Gasteiger partial charge on any atom is -0.493 e. The average Bonchev–Trinajstić information content (AvgIpc) is 2.59. The van der Waals surface area contributed by atoms with E-state index < -0.39 is 0 Å². The van der Waals surface area contributed by atoms with Gasteiger partial charge in [0.05, 0.1) is 11.6 Å². The topological polar surface area (TPSA) is 44.8 Å². The summed E-state index contributed by atoms with van der Waals surface area (Å²) in [7, 11) is 1.54. The molecule has 0 bridgehead atoms. The van der Waals surface area contributed by atoms with Gasteiger partial charge in [0.2, 0.25) is 0 Å². The number of carbonyl (C=O) groups excluding carboxylic acids is 1. The second-order valence-electron chi connectivity index (χ2n) is 4.85. The highest BCUT2D eigenvalue weighted by Crippen LogP contribution is 2.36. The van der Waals surface area contributed by atoms with E-state index in [9.17, 15) is 4.79 Å². The van der Waals surface area contributed by atoms with Crippen LogP contribution in [0.2, 0.25) is 0 Å². The SMILES string of the molecule is CCc1ccc(OCCOc2c(Br)cc(C=O)cc2OC)cc1. The maximum atomic E-state index is 10.9. The van der Waals surface area contributed by atoms with Gasteiger partial charge in [-0.1, -0.05) is 19.1 Å². The second-order valence-corrected chi connectivity index (χ2v) is 5.70. The molecule has 0 saturated heterocycles. The number of aryl methyl sites for hydroxylation is 1. The van der Waals surface area contributed by atoms with Gasteiger partial charge in [0.1, 0.15) is 25.2 Å². The molecule has 5 heteroatoms. The Morgan fingerprint density at radius 1 is 1.09 bits per heavy atom. The molecule has 2 aromatic carbocycles. The number of halogens is 1. The molecular weight excluding hydrogens is 360 g/mol. The molecule has 0 unspecified atom stereocenters. The van der Waals surface area contributed by atoms with Crippen LogP contribution in [0.3, 0.4) is 0 Å². The highest BCUT2D eigenvalue weighted by atomic mass is 79.9. The molecule has 0 fully saturated rings. The highest BCUT2D eigenvalue weighted by Gasteiger charge is 2.11. The number of methoxy groups -OCH3 is 1. The van der Waals surface area contributed by atoms with Crippen LogP contribution in [-0.2, 0) is 6.42 Å². The first-order valence-corrected chi connectivity index (χ1v) is 8.14. The molecule has 0 saturated carbocycles. The molecule has 122 valence electrons. The molecule has 0 aromatic heterocycles. The Morgan fingerprint density at radius 3 is 2.39 bits per heavy atom. The number of benzene rings is 2. The zero-order valence-corrected chi connectivity index (χ0v) is 14.8. The Kier molecular flexibility index (Phi) is 6.47. The van der Waals surface area contributed by atoms with Crippen LogP contribution >= 0.6 is 15.9 Å². The second kappa shape index (κ2) is 8.58. The van der Waals surface area contributed by atoms with Gasteiger partial charge in [-0.25, -0.2) is 0 Å². The van der Waals surface area contributed by atoms with Gasteiger partial charge >= 0.3 is 0 Å². The van der Waals surface area contributed by atoms with Crippen molar-refractivity contribution < 1.29 is 19.0 Å². The maximum absolute atomic E-state index is 10.9. The molecule has 2 rings (SSSR count). The van der Waals surface area contributed by atoms with Crippen molar-refractivity contribution >= 4 is 22.2 Å². The number of ether oxygens (including phenoxy) is 3. The molecule has 2 aromatic rings. The van der Waals surface area contributed by atoms with Gasteiger partial charge in [-0.3, -0.25) is 4.79 Å². The summed E-state index contributed by atoms with van der Waals surface area (Å²) in [5.74, 6) is 1.88. The molecule has 0 radical (unpaired) electrons. The summed E-state index contributed by atoms with van der Waals surface area (Å²) in [6.07, 6.45) is 1.77. The average molecular weight is 379 g/mol. The molecule has 0 aliphatic carbocycles. The fraction of sp³-hybridized carbons (Fsp3) is 0.278. The zero-order valence-electron chi connectivity index (χ0n) is 13.2. The Labute approximate surface area is 144 Å². The third-order valence-electron chi connectivity index (χ3n) is 3.32. The quantitative estimate of drug-likeness (QED) is 0.507. The van der Waals surface area contributed by atoms with E-state index in [1.54, 1.807) is 12.1 Å². The van der Waals surface area contributed by atoms with E-state index in [0.717, 1.165) is 18.5 Å². The van der Waals surface area contributed by atoms with Gasteiger partial charge in [-0.2, -0.15) is 0 Å². The van der Waals surface area contributed by atoms with Gasteiger partial charge in [-0.15, -0.1) is 0 Å². The third kappa shape index (κ3) is 4.73. The van der Waals surface area contributed by atoms with Crippen molar-refractivity contribution in [3.05, 3.63) is 52.0 Å². The monoisotopic (exact) mass is 378 g/mol. The fourth-order valence-corrected chi connectivity index (χ4v) is 2.65. The minimum atomic E-state index is 0.366. The molecule has 0 aliphatic heterocycles. The first-order chi connectivity index (χ1) is 11.2. The predicted molar refractivity (Wildman–Crippen MR) is 92.9 cm³/mol. The Morgan fingerprint density at radius 2 is 1.78 bits per heavy atom. The molecule has 0 amide bonds. The third-order valence-corrected chi connectivity index (χ3v) is 3.91. The first kappa shape index (κ1) is 17.3. The molecule has 4 nitrogen and oxygen atoms in total. The van der Waals surface area contributed by atoms with Crippen molar-refractivity contribution in [1.29, 1.82) is 0 Å². The van der Waals surface area contributed by atoms with Crippen LogP contribution in [0.25, 0.3) is 0 Å². The molecule has 0 atom stereocenters. The van der Waals surface area contributed by atoms with Crippen LogP contribution in [0.5, 0.6) is 17.2 Å². The normalized spacial score (nSPS) is 10.2. The molecule has 23 heavy (non-hydrogen) atoms. The van der Waals surface area contributed by atoms with E-state index in [1.807, 2.05) is 24.3 Å². The van der Waals surface area contributed by atoms with E-state index in [0.29, 0.717) is 34.7 Å². The Hall–Kier alpha value is -2.01. The fourth-order valence-electron chi connectivity index (χ4n) is 2.07. The number of carbonyl (C=O) groups is 1. The van der Waals surface area contributed by atoms with Gasteiger partial charge in [0.25, 0.3) is 0 Å². The summed E-state index contributed by atoms with van der Waals surface area (Å²) >= 11 is 3.39. The largest absolute Gasteiger partial charge is 0.493 e. The van der Waals surface area contributed by atoms with Crippen LogP contribution in [0.4, 0.5) is 0 Å². The van der Waals surface area contributed by atoms with Crippen LogP contribution in [0.1, 0.15) is 22.8 Å². The van der Waals surface area contributed by atoms with Crippen molar-refractivity contribution in [2.45, 2.75) is 13.3 Å². The maximum Gasteiger partial charge on any atom is 0.175 e. The van der Waals surface area contributed by atoms with Crippen LogP contribution in [-0.4, -0.2) is 26.6 Å². The van der Waals surface area contributed by atoms with E-state index in [4.69, 9.17) is 14.2 Å². The lowest BCUT2D eigenvalue weighted by atomic mass is 10.2. The van der Waals surface area contributed by atoms with Crippen molar-refractivity contribution in [3.8, 4) is 17.2 Å². The number of hydrogen-bond acceptors (Lipinski definition) is 4. The predicted octanol–water partition coefficient (Wildman–Crippen LogP) is 4.29. The van der Waals surface area contributed by atoms with E-state index >= 15 is 0 Å². The lowest BCUT2D eigenvalue weighted by Gasteiger charge is -2.13. The summed E-state index contributed by atoms with van der Waals surface area (Å²) in [4.78, 5) is 10.9. The number of hydrogen-bond donors (Lipinski definition) is 0. The van der Waals surface area contributed by atoms with Gasteiger partial charge < -0.3 is 14.2 Å². The van der Waals surface area contributed by atoms with Crippen molar-refractivity contribution in [1.82, 2.24) is 0 Å². The van der Waals surface area contributed by atoms with Crippen LogP contribution in [0, 0.1) is 0 Å². The Bertz CT molecular complexity index is 653. The lowest BCUT2D eigenvalue weighted by Crippen LogP contribution is -2.10. The molecule has 0 heterocycles. The van der Waals surface area contributed by atoms with Crippen LogP contribution < -0.4 is 14.2 Å². The lowest BCUT2D eigenvalue weighted by molar-refractivity contribution is 0.112. The van der Waals surface area contributed by atoms with Crippen LogP contribution in [0.15, 0.2) is 40.9 Å². The van der Waals surface area contributed by atoms with E-state index in [-0.39, 0.29) is 0 Å².